The van der Waals surface area contributed by atoms with Gasteiger partial charge < -0.3 is 0 Å². The number of H-pyrrole nitrogens is 1. The van der Waals surface area contributed by atoms with Crippen molar-refractivity contribution in [3.05, 3.63) is 11.3 Å². The van der Waals surface area contributed by atoms with Gasteiger partial charge in [-0.15, -0.1) is 0 Å². The molecule has 1 aliphatic heterocycles. The molecule has 2 heterocycles. The van der Waals surface area contributed by atoms with E-state index in [1.807, 2.05) is 0 Å². The van der Waals surface area contributed by atoms with Crippen molar-refractivity contribution in [1.82, 2.24) is 19.2 Å². The van der Waals surface area contributed by atoms with Gasteiger partial charge in [0.25, 0.3) is 0 Å². The molecular formula is C8H13ClN4O4S2. The Hall–Kier alpha value is -0.680. The molecular weight excluding hydrogens is 316 g/mol. The molecule has 0 aromatic carbocycles. The van der Waals surface area contributed by atoms with Crippen LogP contribution < -0.4 is 4.72 Å². The van der Waals surface area contributed by atoms with E-state index in [1.165, 1.54) is 4.31 Å². The van der Waals surface area contributed by atoms with Crippen LogP contribution in [0.15, 0.2) is 11.1 Å². The van der Waals surface area contributed by atoms with Crippen molar-refractivity contribution in [2.24, 2.45) is 0 Å². The molecule has 1 fully saturated rings. The highest BCUT2D eigenvalue weighted by molar-refractivity contribution is 7.89. The smallest absolute Gasteiger partial charge is 0.245 e. The first kappa shape index (κ1) is 14.7. The summed E-state index contributed by atoms with van der Waals surface area (Å²) in [7, 11) is -6.99. The summed E-state index contributed by atoms with van der Waals surface area (Å²) in [6.45, 7) is 0.524. The fraction of sp³-hybridized carbons (Fsp3) is 0.625. The predicted octanol–water partition coefficient (Wildman–Crippen LogP) is -0.623. The highest BCUT2D eigenvalue weighted by atomic mass is 35.5. The number of aromatic nitrogens is 2. The average molecular weight is 329 g/mol. The quantitative estimate of drug-likeness (QED) is 0.748. The Morgan fingerprint density at radius 3 is 2.79 bits per heavy atom. The maximum atomic E-state index is 11.8. The molecule has 8 nitrogen and oxygen atoms in total. The zero-order valence-electron chi connectivity index (χ0n) is 9.83. The number of aromatic amines is 1. The molecule has 2 rings (SSSR count). The summed E-state index contributed by atoms with van der Waals surface area (Å²) in [5, 5.41) is 5.74. The van der Waals surface area contributed by atoms with Gasteiger partial charge in [0.2, 0.25) is 20.0 Å². The predicted molar refractivity (Wildman–Crippen MR) is 68.8 cm³/mol. The first-order chi connectivity index (χ1) is 8.83. The van der Waals surface area contributed by atoms with E-state index in [2.05, 4.69) is 14.9 Å². The van der Waals surface area contributed by atoms with Crippen LogP contribution in [0.25, 0.3) is 0 Å². The topological polar surface area (TPSA) is 112 Å². The fourth-order valence-corrected chi connectivity index (χ4v) is 4.69. The van der Waals surface area contributed by atoms with Gasteiger partial charge >= 0.3 is 0 Å². The van der Waals surface area contributed by atoms with Gasteiger partial charge in [-0.1, -0.05) is 11.6 Å². The Kier molecular flexibility index (Phi) is 4.16. The third-order valence-corrected chi connectivity index (χ3v) is 6.54. The van der Waals surface area contributed by atoms with Gasteiger partial charge in [-0.2, -0.15) is 5.10 Å². The van der Waals surface area contributed by atoms with E-state index in [1.54, 1.807) is 0 Å². The van der Waals surface area contributed by atoms with E-state index in [-0.39, 0.29) is 28.9 Å². The van der Waals surface area contributed by atoms with Gasteiger partial charge in [-0.05, 0) is 6.42 Å². The number of hydrogen-bond donors (Lipinski definition) is 2. The van der Waals surface area contributed by atoms with E-state index < -0.39 is 20.0 Å². The molecule has 1 aromatic rings. The molecule has 2 N–H and O–H groups in total. The third-order valence-electron chi connectivity index (χ3n) is 2.71. The summed E-state index contributed by atoms with van der Waals surface area (Å²) in [5.74, 6) is 0.118. The lowest BCUT2D eigenvalue weighted by Gasteiger charge is -2.14. The van der Waals surface area contributed by atoms with Crippen molar-refractivity contribution in [3.8, 4) is 0 Å². The van der Waals surface area contributed by atoms with Gasteiger partial charge in [0.1, 0.15) is 10.0 Å². The Balaban J connectivity index is 1.95. The fourth-order valence-electron chi connectivity index (χ4n) is 1.77. The second-order valence-corrected chi connectivity index (χ2v) is 8.22. The summed E-state index contributed by atoms with van der Waals surface area (Å²) >= 11 is 5.63. The third kappa shape index (κ3) is 3.26. The van der Waals surface area contributed by atoms with E-state index in [9.17, 15) is 16.8 Å². The van der Waals surface area contributed by atoms with Crippen molar-refractivity contribution < 1.29 is 16.8 Å². The second kappa shape index (κ2) is 5.37. The number of rotatable bonds is 5. The molecule has 1 aromatic heterocycles. The van der Waals surface area contributed by atoms with Crippen LogP contribution in [0, 0.1) is 0 Å². The minimum absolute atomic E-state index is 0.0108. The summed E-state index contributed by atoms with van der Waals surface area (Å²) in [6, 6.07) is 0. The molecule has 0 unspecified atom stereocenters. The lowest BCUT2D eigenvalue weighted by molar-refractivity contribution is 0.444. The Morgan fingerprint density at radius 1 is 1.53 bits per heavy atom. The average Bonchev–Trinajstić information content (AvgIpc) is 2.86. The van der Waals surface area contributed by atoms with Gasteiger partial charge in [0.05, 0.1) is 11.9 Å². The normalized spacial score (nSPS) is 19.8. The van der Waals surface area contributed by atoms with Gasteiger partial charge in [0.15, 0.2) is 0 Å². The summed E-state index contributed by atoms with van der Waals surface area (Å²) in [4.78, 5) is -0.154. The van der Waals surface area contributed by atoms with Crippen LogP contribution in [0.2, 0.25) is 5.15 Å². The van der Waals surface area contributed by atoms with E-state index >= 15 is 0 Å². The van der Waals surface area contributed by atoms with Crippen molar-refractivity contribution in [3.63, 3.8) is 0 Å². The number of hydrogen-bond acceptors (Lipinski definition) is 5. The summed E-state index contributed by atoms with van der Waals surface area (Å²) < 4.78 is 50.2. The molecule has 0 aliphatic carbocycles. The molecule has 108 valence electrons. The molecule has 0 spiro atoms. The van der Waals surface area contributed by atoms with Crippen LogP contribution in [0.1, 0.15) is 6.42 Å². The van der Waals surface area contributed by atoms with Crippen molar-refractivity contribution in [2.45, 2.75) is 11.3 Å². The highest BCUT2D eigenvalue weighted by Crippen LogP contribution is 2.17. The van der Waals surface area contributed by atoms with Crippen molar-refractivity contribution in [1.29, 1.82) is 0 Å². The van der Waals surface area contributed by atoms with Gasteiger partial charge in [-0.25, -0.2) is 25.9 Å². The zero-order chi connectivity index (χ0) is 14.1. The first-order valence-electron chi connectivity index (χ1n) is 5.49. The Morgan fingerprint density at radius 2 is 2.26 bits per heavy atom. The molecule has 0 amide bonds. The summed E-state index contributed by atoms with van der Waals surface area (Å²) in [5.41, 5.74) is 0. The molecule has 1 saturated heterocycles. The maximum absolute atomic E-state index is 11.8. The van der Waals surface area contributed by atoms with Crippen molar-refractivity contribution in [2.75, 3.05) is 25.4 Å². The maximum Gasteiger partial charge on any atom is 0.245 e. The van der Waals surface area contributed by atoms with Crippen LogP contribution in [-0.2, 0) is 20.0 Å². The molecule has 0 saturated carbocycles. The lowest BCUT2D eigenvalue weighted by Crippen LogP contribution is -2.35. The van der Waals surface area contributed by atoms with Crippen LogP contribution in [0.3, 0.4) is 0 Å². The standard InChI is InChI=1S/C8H13ClN4O4S2/c9-8-7(6-10-12-8)19(16,17)11-2-4-13-3-1-5-18(13,14)15/h6,11H,1-5H2,(H,10,12). The zero-order valence-corrected chi connectivity index (χ0v) is 12.2. The Labute approximate surface area is 116 Å². The highest BCUT2D eigenvalue weighted by Gasteiger charge is 2.28. The largest absolute Gasteiger partial charge is 0.266 e. The van der Waals surface area contributed by atoms with Crippen LogP contribution in [-0.4, -0.2) is 56.7 Å². The second-order valence-electron chi connectivity index (χ2n) is 4.01. The van der Waals surface area contributed by atoms with Crippen LogP contribution in [0.5, 0.6) is 0 Å². The monoisotopic (exact) mass is 328 g/mol. The van der Waals surface area contributed by atoms with E-state index in [0.717, 1.165) is 6.20 Å². The number of nitrogens with zero attached hydrogens (tertiary/aromatic N) is 2. The minimum Gasteiger partial charge on any atom is -0.266 e. The summed E-state index contributed by atoms with van der Waals surface area (Å²) in [6.07, 6.45) is 1.67. The molecule has 0 atom stereocenters. The number of nitrogens with one attached hydrogen (secondary N) is 2. The molecule has 19 heavy (non-hydrogen) atoms. The lowest BCUT2D eigenvalue weighted by atomic mass is 10.5. The minimum atomic E-state index is -3.77. The van der Waals surface area contributed by atoms with Crippen LogP contribution in [0.4, 0.5) is 0 Å². The van der Waals surface area contributed by atoms with E-state index in [4.69, 9.17) is 11.6 Å². The molecule has 0 radical (unpaired) electrons. The van der Waals surface area contributed by atoms with Crippen molar-refractivity contribution >= 4 is 31.6 Å². The SMILES string of the molecule is O=S(=O)(NCCN1CCCS1(=O)=O)c1cn[nH]c1Cl. The van der Waals surface area contributed by atoms with E-state index in [0.29, 0.717) is 13.0 Å². The first-order valence-corrected chi connectivity index (χ1v) is 8.96. The Bertz CT molecular complexity index is 654. The van der Waals surface area contributed by atoms with Gasteiger partial charge in [0, 0.05) is 19.6 Å². The molecule has 11 heteroatoms. The number of halogens is 1. The molecule has 1 aliphatic rings. The molecule has 0 bridgehead atoms. The number of sulfonamides is 2. The van der Waals surface area contributed by atoms with Crippen LogP contribution >= 0.6 is 11.6 Å². The van der Waals surface area contributed by atoms with Gasteiger partial charge in [-0.3, -0.25) is 5.10 Å².